The lowest BCUT2D eigenvalue weighted by molar-refractivity contribution is 0.0693. The fourth-order valence-electron chi connectivity index (χ4n) is 1.62. The van der Waals surface area contributed by atoms with Gasteiger partial charge < -0.3 is 9.84 Å². The third-order valence-corrected chi connectivity index (χ3v) is 3.73. The number of benzene rings is 2. The van der Waals surface area contributed by atoms with Crippen molar-refractivity contribution in [2.24, 2.45) is 0 Å². The molecule has 0 aromatic heterocycles. The van der Waals surface area contributed by atoms with Crippen LogP contribution in [0.2, 0.25) is 0 Å². The van der Waals surface area contributed by atoms with Gasteiger partial charge in [0.15, 0.2) is 0 Å². The molecule has 0 heterocycles. The maximum atomic E-state index is 11.2. The van der Waals surface area contributed by atoms with E-state index >= 15 is 0 Å². The highest BCUT2D eigenvalue weighted by atomic mass is 32.2. The van der Waals surface area contributed by atoms with Gasteiger partial charge in [-0.1, -0.05) is 29.5 Å². The quantitative estimate of drug-likeness (QED) is 0.919. The third kappa shape index (κ3) is 3.29. The number of aromatic carboxylic acids is 1. The van der Waals surface area contributed by atoms with Crippen molar-refractivity contribution in [2.75, 3.05) is 7.11 Å². The van der Waals surface area contributed by atoms with Crippen LogP contribution in [0, 0.1) is 6.92 Å². The van der Waals surface area contributed by atoms with Crippen molar-refractivity contribution >= 4 is 17.7 Å². The van der Waals surface area contributed by atoms with Crippen molar-refractivity contribution in [3.8, 4) is 5.75 Å². The molecule has 19 heavy (non-hydrogen) atoms. The van der Waals surface area contributed by atoms with Crippen LogP contribution >= 0.6 is 11.8 Å². The Morgan fingerprint density at radius 1 is 1.16 bits per heavy atom. The van der Waals surface area contributed by atoms with Crippen molar-refractivity contribution in [1.82, 2.24) is 0 Å². The van der Waals surface area contributed by atoms with E-state index in [1.807, 2.05) is 31.2 Å². The predicted molar refractivity (Wildman–Crippen MR) is 75.3 cm³/mol. The molecule has 0 radical (unpaired) electrons. The highest BCUT2D eigenvalue weighted by molar-refractivity contribution is 7.99. The van der Waals surface area contributed by atoms with Gasteiger partial charge in [0.25, 0.3) is 0 Å². The van der Waals surface area contributed by atoms with E-state index in [1.54, 1.807) is 25.3 Å². The van der Waals surface area contributed by atoms with Crippen LogP contribution in [0.4, 0.5) is 0 Å². The number of methoxy groups -OCH3 is 1. The first-order valence-electron chi connectivity index (χ1n) is 5.76. The highest BCUT2D eigenvalue weighted by Crippen LogP contribution is 2.33. The Labute approximate surface area is 116 Å². The van der Waals surface area contributed by atoms with Crippen molar-refractivity contribution < 1.29 is 14.6 Å². The molecule has 4 heteroatoms. The highest BCUT2D eigenvalue weighted by Gasteiger charge is 2.12. The topological polar surface area (TPSA) is 46.5 Å². The molecule has 0 saturated heterocycles. The summed E-state index contributed by atoms with van der Waals surface area (Å²) in [6, 6.07) is 12.9. The molecule has 0 saturated carbocycles. The smallest absolute Gasteiger partial charge is 0.336 e. The summed E-state index contributed by atoms with van der Waals surface area (Å²) in [5.41, 5.74) is 1.46. The van der Waals surface area contributed by atoms with Gasteiger partial charge in [0.1, 0.15) is 5.75 Å². The molecule has 3 nitrogen and oxygen atoms in total. The molecular weight excluding hydrogens is 260 g/mol. The minimum absolute atomic E-state index is 0.284. The zero-order chi connectivity index (χ0) is 13.8. The van der Waals surface area contributed by atoms with Gasteiger partial charge >= 0.3 is 5.97 Å². The Kier molecular flexibility index (Phi) is 4.12. The molecule has 1 N–H and O–H groups in total. The number of aryl methyl sites for hydroxylation is 1. The zero-order valence-corrected chi connectivity index (χ0v) is 11.5. The first-order chi connectivity index (χ1) is 9.10. The molecule has 2 aromatic carbocycles. The lowest BCUT2D eigenvalue weighted by atomic mass is 10.2. The summed E-state index contributed by atoms with van der Waals surface area (Å²) < 4.78 is 5.14. The van der Waals surface area contributed by atoms with Crippen molar-refractivity contribution in [2.45, 2.75) is 16.7 Å². The number of hydrogen-bond acceptors (Lipinski definition) is 3. The Balaban J connectivity index is 2.36. The second-order valence-electron chi connectivity index (χ2n) is 4.08. The number of carboxylic acid groups (broad SMARTS) is 1. The van der Waals surface area contributed by atoms with E-state index in [4.69, 9.17) is 4.74 Å². The van der Waals surface area contributed by atoms with Crippen molar-refractivity contribution in [3.63, 3.8) is 0 Å². The zero-order valence-electron chi connectivity index (χ0n) is 10.7. The number of ether oxygens (including phenoxy) is 1. The molecule has 0 unspecified atom stereocenters. The summed E-state index contributed by atoms with van der Waals surface area (Å²) in [6.07, 6.45) is 0. The Bertz CT molecular complexity index is 591. The molecule has 0 spiro atoms. The molecule has 0 fully saturated rings. The third-order valence-electron chi connectivity index (χ3n) is 2.67. The molecule has 0 amide bonds. The molecule has 0 bridgehead atoms. The van der Waals surface area contributed by atoms with Crippen LogP contribution in [0.3, 0.4) is 0 Å². The van der Waals surface area contributed by atoms with Crippen molar-refractivity contribution in [3.05, 3.63) is 53.6 Å². The van der Waals surface area contributed by atoms with Crippen LogP contribution in [0.1, 0.15) is 15.9 Å². The normalized spacial score (nSPS) is 10.2. The maximum Gasteiger partial charge on any atom is 0.336 e. The molecule has 0 aliphatic heterocycles. The first kappa shape index (κ1) is 13.5. The fourth-order valence-corrected chi connectivity index (χ4v) is 2.59. The van der Waals surface area contributed by atoms with Gasteiger partial charge in [-0.2, -0.15) is 0 Å². The van der Waals surface area contributed by atoms with Crippen molar-refractivity contribution in [1.29, 1.82) is 0 Å². The summed E-state index contributed by atoms with van der Waals surface area (Å²) >= 11 is 1.42. The number of carboxylic acids is 1. The summed E-state index contributed by atoms with van der Waals surface area (Å²) in [5, 5.41) is 9.20. The van der Waals surface area contributed by atoms with E-state index < -0.39 is 5.97 Å². The van der Waals surface area contributed by atoms with Gasteiger partial charge in [-0.3, -0.25) is 0 Å². The second kappa shape index (κ2) is 5.80. The molecule has 0 atom stereocenters. The molecule has 98 valence electrons. The average molecular weight is 274 g/mol. The molecular formula is C15H14O3S. The van der Waals surface area contributed by atoms with Crippen LogP contribution in [0.25, 0.3) is 0 Å². The lowest BCUT2D eigenvalue weighted by Gasteiger charge is -2.08. The van der Waals surface area contributed by atoms with Crippen LogP contribution in [-0.4, -0.2) is 18.2 Å². The largest absolute Gasteiger partial charge is 0.497 e. The van der Waals surface area contributed by atoms with Gasteiger partial charge in [-0.25, -0.2) is 4.79 Å². The van der Waals surface area contributed by atoms with Crippen LogP contribution in [-0.2, 0) is 0 Å². The second-order valence-corrected chi connectivity index (χ2v) is 5.20. The predicted octanol–water partition coefficient (Wildman–Crippen LogP) is 3.85. The molecule has 2 aromatic rings. The monoisotopic (exact) mass is 274 g/mol. The van der Waals surface area contributed by atoms with Crippen LogP contribution < -0.4 is 4.74 Å². The Hall–Kier alpha value is -1.94. The van der Waals surface area contributed by atoms with Gasteiger partial charge in [0, 0.05) is 9.79 Å². The van der Waals surface area contributed by atoms with Gasteiger partial charge in [0.2, 0.25) is 0 Å². The average Bonchev–Trinajstić information content (AvgIpc) is 2.41. The molecule has 0 aliphatic carbocycles. The summed E-state index contributed by atoms with van der Waals surface area (Å²) in [7, 11) is 1.57. The van der Waals surface area contributed by atoms with Gasteiger partial charge in [0.05, 0.1) is 12.7 Å². The lowest BCUT2D eigenvalue weighted by Crippen LogP contribution is -1.99. The Morgan fingerprint density at radius 2 is 1.84 bits per heavy atom. The van der Waals surface area contributed by atoms with E-state index in [1.165, 1.54) is 17.3 Å². The SMILES string of the molecule is COc1ccc(C(=O)O)c(Sc2ccc(C)cc2)c1. The number of rotatable bonds is 4. The number of hydrogen-bond donors (Lipinski definition) is 1. The van der Waals surface area contributed by atoms with E-state index in [2.05, 4.69) is 0 Å². The summed E-state index contributed by atoms with van der Waals surface area (Å²) in [5.74, 6) is -0.281. The van der Waals surface area contributed by atoms with Gasteiger partial charge in [-0.05, 0) is 37.3 Å². The fraction of sp³-hybridized carbons (Fsp3) is 0.133. The minimum atomic E-state index is -0.933. The number of carbonyl (C=O) groups is 1. The first-order valence-corrected chi connectivity index (χ1v) is 6.57. The minimum Gasteiger partial charge on any atom is -0.497 e. The standard InChI is InChI=1S/C15H14O3S/c1-10-3-6-12(7-4-10)19-14-9-11(18-2)5-8-13(14)15(16)17/h3-9H,1-2H3,(H,16,17). The van der Waals surface area contributed by atoms with E-state index in [0.717, 1.165) is 4.90 Å². The Morgan fingerprint density at radius 3 is 2.42 bits per heavy atom. The van der Waals surface area contributed by atoms with E-state index in [0.29, 0.717) is 10.6 Å². The molecule has 2 rings (SSSR count). The summed E-state index contributed by atoms with van der Waals surface area (Å²) in [6.45, 7) is 2.02. The molecule has 0 aliphatic rings. The van der Waals surface area contributed by atoms with E-state index in [-0.39, 0.29) is 5.56 Å². The van der Waals surface area contributed by atoms with E-state index in [9.17, 15) is 9.90 Å². The summed E-state index contributed by atoms with van der Waals surface area (Å²) in [4.78, 5) is 12.9. The van der Waals surface area contributed by atoms with Gasteiger partial charge in [-0.15, -0.1) is 0 Å². The van der Waals surface area contributed by atoms with Crippen LogP contribution in [0.5, 0.6) is 5.75 Å². The van der Waals surface area contributed by atoms with Crippen LogP contribution in [0.15, 0.2) is 52.3 Å². The maximum absolute atomic E-state index is 11.2.